The minimum atomic E-state index is -0.0815. The van der Waals surface area contributed by atoms with Gasteiger partial charge >= 0.3 is 0 Å². The second kappa shape index (κ2) is 4.75. The third kappa shape index (κ3) is 2.11. The van der Waals surface area contributed by atoms with Crippen molar-refractivity contribution in [3.8, 4) is 0 Å². The number of hydrogen-bond donors (Lipinski definition) is 1. The van der Waals surface area contributed by atoms with Crippen LogP contribution in [0.15, 0.2) is 22.8 Å². The van der Waals surface area contributed by atoms with E-state index in [0.717, 1.165) is 12.2 Å². The molecule has 3 nitrogen and oxygen atoms in total. The first-order valence-electron chi connectivity index (χ1n) is 5.14. The van der Waals surface area contributed by atoms with E-state index in [-0.39, 0.29) is 16.0 Å². The highest BCUT2D eigenvalue weighted by atomic mass is 32.2. The van der Waals surface area contributed by atoms with Gasteiger partial charge in [0, 0.05) is 12.5 Å². The number of nitrogens with one attached hydrogen (secondary N) is 1. The molecule has 16 heavy (non-hydrogen) atoms. The zero-order valence-corrected chi connectivity index (χ0v) is 11.0. The van der Waals surface area contributed by atoms with Crippen molar-refractivity contribution >= 4 is 29.4 Å². The number of carbonyl (C=O) groups excluding carboxylic acids is 1. The Morgan fingerprint density at radius 2 is 2.25 bits per heavy atom. The maximum Gasteiger partial charge on any atom is 0.222 e. The monoisotopic (exact) mass is 257 g/mol. The van der Waals surface area contributed by atoms with Gasteiger partial charge in [-0.15, -0.1) is 23.5 Å². The van der Waals surface area contributed by atoms with E-state index < -0.39 is 0 Å². The second-order valence-corrected chi connectivity index (χ2v) is 6.28. The molecule has 0 radical (unpaired) electrons. The number of furan rings is 1. The lowest BCUT2D eigenvalue weighted by Gasteiger charge is -2.36. The molecule has 0 bridgehead atoms. The third-order valence-electron chi connectivity index (χ3n) is 2.87. The van der Waals surface area contributed by atoms with Gasteiger partial charge in [-0.2, -0.15) is 0 Å². The minimum Gasteiger partial charge on any atom is -0.467 e. The number of rotatable bonds is 5. The maximum absolute atomic E-state index is 10.9. The molecule has 0 saturated carbocycles. The molecule has 1 aliphatic rings. The number of amides is 1. The van der Waals surface area contributed by atoms with E-state index in [1.54, 1.807) is 29.8 Å². The summed E-state index contributed by atoms with van der Waals surface area (Å²) in [5.74, 6) is 1.13. The van der Waals surface area contributed by atoms with Crippen LogP contribution in [0.1, 0.15) is 18.6 Å². The molecular weight excluding hydrogens is 242 g/mol. The fourth-order valence-electron chi connectivity index (χ4n) is 1.92. The predicted molar refractivity (Wildman–Crippen MR) is 68.6 cm³/mol. The first-order chi connectivity index (χ1) is 7.70. The van der Waals surface area contributed by atoms with Gasteiger partial charge in [-0.25, -0.2) is 0 Å². The van der Waals surface area contributed by atoms with Crippen LogP contribution in [0.25, 0.3) is 0 Å². The Kier molecular flexibility index (Phi) is 3.54. The lowest BCUT2D eigenvalue weighted by molar-refractivity contribution is -0.128. The van der Waals surface area contributed by atoms with Crippen LogP contribution in [-0.2, 0) is 8.87 Å². The summed E-state index contributed by atoms with van der Waals surface area (Å²) in [7, 11) is 0. The normalized spacial score (nSPS) is 20.4. The molecule has 1 amide bonds. The van der Waals surface area contributed by atoms with Crippen LogP contribution in [-0.4, -0.2) is 24.5 Å². The highest BCUT2D eigenvalue weighted by Gasteiger charge is 2.39. The van der Waals surface area contributed by atoms with Crippen molar-refractivity contribution < 1.29 is 9.21 Å². The van der Waals surface area contributed by atoms with Crippen molar-refractivity contribution in [3.63, 3.8) is 0 Å². The maximum atomic E-state index is 10.9. The van der Waals surface area contributed by atoms with Gasteiger partial charge in [0.05, 0.1) is 6.26 Å². The summed E-state index contributed by atoms with van der Waals surface area (Å²) >= 11 is 3.54. The third-order valence-corrected chi connectivity index (χ3v) is 5.92. The molecule has 1 aromatic heterocycles. The van der Waals surface area contributed by atoms with Crippen molar-refractivity contribution in [2.75, 3.05) is 12.5 Å². The Balaban J connectivity index is 2.12. The highest BCUT2D eigenvalue weighted by Crippen LogP contribution is 2.48. The van der Waals surface area contributed by atoms with Gasteiger partial charge in [0.25, 0.3) is 0 Å². The summed E-state index contributed by atoms with van der Waals surface area (Å²) in [4.78, 5) is 10.9. The molecule has 1 aliphatic heterocycles. The van der Waals surface area contributed by atoms with Crippen LogP contribution in [0.3, 0.4) is 0 Å². The molecular formula is C11H15NO2S2. The minimum absolute atomic E-state index is 0.0815. The van der Waals surface area contributed by atoms with Crippen LogP contribution in [0, 0.1) is 0 Å². The van der Waals surface area contributed by atoms with E-state index in [4.69, 9.17) is 4.42 Å². The van der Waals surface area contributed by atoms with Crippen molar-refractivity contribution in [2.24, 2.45) is 0 Å². The van der Waals surface area contributed by atoms with Gasteiger partial charge in [-0.05, 0) is 31.1 Å². The topological polar surface area (TPSA) is 42.2 Å². The standard InChI is InChI=1S/C11H15NO2S2/c1-15-11(16-2,9-4-3-5-14-9)7-8-6-10(13)12-8/h3-5,8H,6-7H2,1-2H3,(H,12,13)/t8-/m0/s1. The van der Waals surface area contributed by atoms with Crippen molar-refractivity contribution in [3.05, 3.63) is 24.2 Å². The summed E-state index contributed by atoms with van der Waals surface area (Å²) < 4.78 is 5.44. The summed E-state index contributed by atoms with van der Waals surface area (Å²) in [5, 5.41) is 2.92. The molecule has 5 heteroatoms. The number of β-lactam (4-membered cyclic amide) rings is 1. The molecule has 0 aliphatic carbocycles. The quantitative estimate of drug-likeness (QED) is 0.650. The van der Waals surface area contributed by atoms with Gasteiger partial charge in [0.2, 0.25) is 5.91 Å². The molecule has 1 saturated heterocycles. The lowest BCUT2D eigenvalue weighted by atomic mass is 9.99. The van der Waals surface area contributed by atoms with Crippen LogP contribution < -0.4 is 5.32 Å². The zero-order valence-electron chi connectivity index (χ0n) is 9.36. The fourth-order valence-corrected chi connectivity index (χ4v) is 3.96. The SMILES string of the molecule is CSC(C[C@@H]1CC(=O)N1)(SC)c1ccco1. The summed E-state index contributed by atoms with van der Waals surface area (Å²) in [6.07, 6.45) is 7.42. The molecule has 88 valence electrons. The lowest BCUT2D eigenvalue weighted by Crippen LogP contribution is -2.50. The molecule has 1 fully saturated rings. The molecule has 2 heterocycles. The number of thioether (sulfide) groups is 2. The second-order valence-electron chi connectivity index (χ2n) is 3.81. The predicted octanol–water partition coefficient (Wildman–Crippen LogP) is 2.44. The molecule has 1 aromatic rings. The molecule has 0 spiro atoms. The number of hydrogen-bond acceptors (Lipinski definition) is 4. The summed E-state index contributed by atoms with van der Waals surface area (Å²) in [6, 6.07) is 4.21. The van der Waals surface area contributed by atoms with Crippen LogP contribution in [0.5, 0.6) is 0 Å². The van der Waals surface area contributed by atoms with E-state index in [9.17, 15) is 4.79 Å². The van der Waals surface area contributed by atoms with Gasteiger partial charge in [0.1, 0.15) is 9.84 Å². The van der Waals surface area contributed by atoms with E-state index >= 15 is 0 Å². The largest absolute Gasteiger partial charge is 0.467 e. The van der Waals surface area contributed by atoms with Crippen molar-refractivity contribution in [1.82, 2.24) is 5.32 Å². The average molecular weight is 257 g/mol. The van der Waals surface area contributed by atoms with E-state index in [1.807, 2.05) is 12.1 Å². The molecule has 0 unspecified atom stereocenters. The Hall–Kier alpha value is -0.550. The van der Waals surface area contributed by atoms with Gasteiger partial charge in [-0.1, -0.05) is 0 Å². The van der Waals surface area contributed by atoms with Gasteiger partial charge in [0.15, 0.2) is 0 Å². The Morgan fingerprint density at radius 1 is 1.56 bits per heavy atom. The Bertz CT molecular complexity index is 352. The van der Waals surface area contributed by atoms with E-state index in [0.29, 0.717) is 6.42 Å². The summed E-state index contributed by atoms with van der Waals surface area (Å²) in [6.45, 7) is 0. The van der Waals surface area contributed by atoms with Crippen LogP contribution >= 0.6 is 23.5 Å². The molecule has 2 rings (SSSR count). The Morgan fingerprint density at radius 3 is 2.69 bits per heavy atom. The Labute approximate surface area is 104 Å². The highest BCUT2D eigenvalue weighted by molar-refractivity contribution is 8.16. The van der Waals surface area contributed by atoms with E-state index in [1.165, 1.54) is 0 Å². The molecule has 1 N–H and O–H groups in total. The van der Waals surface area contributed by atoms with E-state index in [2.05, 4.69) is 17.8 Å². The molecule has 1 atom stereocenters. The first kappa shape index (κ1) is 11.9. The van der Waals surface area contributed by atoms with Gasteiger partial charge in [-0.3, -0.25) is 4.79 Å². The molecule has 0 aromatic carbocycles. The number of carbonyl (C=O) groups is 1. The summed E-state index contributed by atoms with van der Waals surface area (Å²) in [5.41, 5.74) is 0. The smallest absolute Gasteiger partial charge is 0.222 e. The van der Waals surface area contributed by atoms with Crippen LogP contribution in [0.2, 0.25) is 0 Å². The zero-order chi connectivity index (χ0) is 11.6. The van der Waals surface area contributed by atoms with Crippen LogP contribution in [0.4, 0.5) is 0 Å². The first-order valence-corrected chi connectivity index (χ1v) is 7.59. The van der Waals surface area contributed by atoms with Crippen molar-refractivity contribution in [1.29, 1.82) is 0 Å². The van der Waals surface area contributed by atoms with Crippen molar-refractivity contribution in [2.45, 2.75) is 23.0 Å². The van der Waals surface area contributed by atoms with Gasteiger partial charge < -0.3 is 9.73 Å². The fraction of sp³-hybridized carbons (Fsp3) is 0.545. The average Bonchev–Trinajstić information content (AvgIpc) is 2.77.